The number of hydrogen-bond acceptors (Lipinski definition) is 4. The van der Waals surface area contributed by atoms with Gasteiger partial charge in [-0.25, -0.2) is 9.98 Å². The number of benzene rings is 1. The third-order valence-corrected chi connectivity index (χ3v) is 3.70. The highest BCUT2D eigenvalue weighted by atomic mass is 16.5. The molecule has 1 aromatic rings. The van der Waals surface area contributed by atoms with Crippen LogP contribution in [-0.4, -0.2) is 31.1 Å². The first-order chi connectivity index (χ1) is 9.57. The van der Waals surface area contributed by atoms with Crippen molar-refractivity contribution in [2.45, 2.75) is 32.9 Å². The lowest BCUT2D eigenvalue weighted by Gasteiger charge is -2.22. The second kappa shape index (κ2) is 4.93. The molecule has 0 amide bonds. The predicted molar refractivity (Wildman–Crippen MR) is 79.2 cm³/mol. The highest BCUT2D eigenvalue weighted by molar-refractivity contribution is 6.05. The van der Waals surface area contributed by atoms with E-state index in [1.807, 2.05) is 25.1 Å². The molecule has 0 aromatic heterocycles. The fourth-order valence-corrected chi connectivity index (χ4v) is 2.47. The number of aliphatic imine (C=N–C) groups is 2. The minimum Gasteiger partial charge on any atom is -0.478 e. The fraction of sp³-hybridized carbons (Fsp3) is 0.500. The van der Waals surface area contributed by atoms with Crippen molar-refractivity contribution in [3.8, 4) is 0 Å². The van der Waals surface area contributed by atoms with Crippen LogP contribution in [0.1, 0.15) is 32.4 Å². The summed E-state index contributed by atoms with van der Waals surface area (Å²) in [5.41, 5.74) is 0.787. The minimum absolute atomic E-state index is 0.0740. The normalized spacial score (nSPS) is 25.8. The molecule has 2 heterocycles. The molecule has 0 saturated heterocycles. The molecule has 106 valence electrons. The zero-order valence-electron chi connectivity index (χ0n) is 12.2. The molecule has 0 bridgehead atoms. The van der Waals surface area contributed by atoms with Crippen LogP contribution in [0, 0.1) is 5.41 Å². The van der Waals surface area contributed by atoms with Crippen LogP contribution >= 0.6 is 0 Å². The first kappa shape index (κ1) is 13.2. The van der Waals surface area contributed by atoms with E-state index >= 15 is 0 Å². The molecule has 0 radical (unpaired) electrons. The summed E-state index contributed by atoms with van der Waals surface area (Å²) >= 11 is 0. The van der Waals surface area contributed by atoms with Crippen molar-refractivity contribution >= 4 is 11.8 Å². The largest absolute Gasteiger partial charge is 0.478 e. The Hall–Kier alpha value is -1.84. The van der Waals surface area contributed by atoms with Crippen molar-refractivity contribution < 1.29 is 9.47 Å². The third kappa shape index (κ3) is 2.30. The molecule has 2 atom stereocenters. The Kier molecular flexibility index (Phi) is 3.24. The standard InChI is InChI=1S/C16H20N2O2/c1-11-9-19-14(17-11)16(2,3)15-18-13(10-20-15)12-7-5-4-6-8-12/h4-8,11,13H,9-10H2,1-3H3/t11-,13+/m0/s1. The molecule has 0 N–H and O–H groups in total. The second-order valence-electron chi connectivity index (χ2n) is 5.89. The molecule has 0 unspecified atom stereocenters. The molecule has 0 spiro atoms. The van der Waals surface area contributed by atoms with Crippen LogP contribution in [0.5, 0.6) is 0 Å². The van der Waals surface area contributed by atoms with Crippen LogP contribution in [0.15, 0.2) is 40.3 Å². The van der Waals surface area contributed by atoms with Crippen molar-refractivity contribution in [3.05, 3.63) is 35.9 Å². The van der Waals surface area contributed by atoms with Gasteiger partial charge in [0.15, 0.2) is 11.8 Å². The van der Waals surface area contributed by atoms with Gasteiger partial charge in [0, 0.05) is 0 Å². The summed E-state index contributed by atoms with van der Waals surface area (Å²) in [6.07, 6.45) is 0. The Morgan fingerprint density at radius 1 is 1.00 bits per heavy atom. The van der Waals surface area contributed by atoms with E-state index in [0.717, 1.165) is 11.8 Å². The van der Waals surface area contributed by atoms with Gasteiger partial charge in [0.1, 0.15) is 24.7 Å². The zero-order chi connectivity index (χ0) is 14.2. The van der Waals surface area contributed by atoms with E-state index in [-0.39, 0.29) is 12.1 Å². The van der Waals surface area contributed by atoms with Crippen LogP contribution in [-0.2, 0) is 9.47 Å². The second-order valence-corrected chi connectivity index (χ2v) is 5.89. The number of rotatable bonds is 3. The number of hydrogen-bond donors (Lipinski definition) is 0. The summed E-state index contributed by atoms with van der Waals surface area (Å²) in [7, 11) is 0. The van der Waals surface area contributed by atoms with Crippen molar-refractivity contribution in [1.29, 1.82) is 0 Å². The van der Waals surface area contributed by atoms with Crippen molar-refractivity contribution in [3.63, 3.8) is 0 Å². The van der Waals surface area contributed by atoms with Gasteiger partial charge < -0.3 is 9.47 Å². The van der Waals surface area contributed by atoms with Crippen molar-refractivity contribution in [1.82, 2.24) is 0 Å². The molecule has 20 heavy (non-hydrogen) atoms. The van der Waals surface area contributed by atoms with E-state index in [1.165, 1.54) is 5.56 Å². The van der Waals surface area contributed by atoms with E-state index in [0.29, 0.717) is 13.2 Å². The maximum absolute atomic E-state index is 5.82. The van der Waals surface area contributed by atoms with Gasteiger partial charge in [0.2, 0.25) is 0 Å². The summed E-state index contributed by atoms with van der Waals surface area (Å²) < 4.78 is 11.5. The van der Waals surface area contributed by atoms with E-state index in [2.05, 4.69) is 31.0 Å². The predicted octanol–water partition coefficient (Wildman–Crippen LogP) is 3.00. The molecule has 0 aliphatic carbocycles. The van der Waals surface area contributed by atoms with Crippen LogP contribution in [0.25, 0.3) is 0 Å². The Labute approximate surface area is 119 Å². The lowest BCUT2D eigenvalue weighted by Crippen LogP contribution is -2.34. The summed E-state index contributed by atoms with van der Waals surface area (Å²) in [5.74, 6) is 1.46. The van der Waals surface area contributed by atoms with Crippen LogP contribution < -0.4 is 0 Å². The summed E-state index contributed by atoms with van der Waals surface area (Å²) in [6, 6.07) is 10.5. The minimum atomic E-state index is -0.395. The zero-order valence-corrected chi connectivity index (χ0v) is 12.2. The van der Waals surface area contributed by atoms with Crippen LogP contribution in [0.3, 0.4) is 0 Å². The molecule has 0 fully saturated rings. The Morgan fingerprint density at radius 2 is 1.65 bits per heavy atom. The van der Waals surface area contributed by atoms with E-state index in [1.54, 1.807) is 0 Å². The van der Waals surface area contributed by atoms with Gasteiger partial charge in [-0.05, 0) is 26.3 Å². The highest BCUT2D eigenvalue weighted by Crippen LogP contribution is 2.32. The average molecular weight is 272 g/mol. The average Bonchev–Trinajstić information content (AvgIpc) is 3.09. The van der Waals surface area contributed by atoms with E-state index in [9.17, 15) is 0 Å². The van der Waals surface area contributed by atoms with Gasteiger partial charge in [-0.2, -0.15) is 0 Å². The van der Waals surface area contributed by atoms with Gasteiger partial charge in [0.05, 0.1) is 6.04 Å². The van der Waals surface area contributed by atoms with Crippen LogP contribution in [0.2, 0.25) is 0 Å². The molecule has 4 heteroatoms. The topological polar surface area (TPSA) is 43.2 Å². The smallest absolute Gasteiger partial charge is 0.199 e. The number of ether oxygens (including phenoxy) is 2. The Morgan fingerprint density at radius 3 is 2.30 bits per heavy atom. The maximum Gasteiger partial charge on any atom is 0.199 e. The molecule has 3 rings (SSSR count). The monoisotopic (exact) mass is 272 g/mol. The molecule has 1 aromatic carbocycles. The van der Waals surface area contributed by atoms with E-state index in [4.69, 9.17) is 14.5 Å². The van der Waals surface area contributed by atoms with E-state index < -0.39 is 5.41 Å². The van der Waals surface area contributed by atoms with Crippen LogP contribution in [0.4, 0.5) is 0 Å². The Balaban J connectivity index is 1.83. The summed E-state index contributed by atoms with van der Waals surface area (Å²) in [6.45, 7) is 7.39. The summed E-state index contributed by atoms with van der Waals surface area (Å²) in [4.78, 5) is 9.27. The molecule has 4 nitrogen and oxygen atoms in total. The summed E-state index contributed by atoms with van der Waals surface area (Å²) in [5, 5.41) is 0. The molecule has 0 saturated carbocycles. The molecular weight excluding hydrogens is 252 g/mol. The van der Waals surface area contributed by atoms with Crippen molar-refractivity contribution in [2.24, 2.45) is 15.4 Å². The maximum atomic E-state index is 5.82. The van der Waals surface area contributed by atoms with Gasteiger partial charge in [-0.3, -0.25) is 0 Å². The van der Waals surface area contributed by atoms with Gasteiger partial charge in [-0.15, -0.1) is 0 Å². The Bertz CT molecular complexity index is 549. The lowest BCUT2D eigenvalue weighted by molar-refractivity contribution is 0.266. The van der Waals surface area contributed by atoms with Crippen molar-refractivity contribution in [2.75, 3.05) is 13.2 Å². The molecule has 2 aliphatic heterocycles. The molecular formula is C16H20N2O2. The first-order valence-corrected chi connectivity index (χ1v) is 7.04. The van der Waals surface area contributed by atoms with Gasteiger partial charge in [0.25, 0.3) is 0 Å². The fourth-order valence-electron chi connectivity index (χ4n) is 2.47. The SMILES string of the molecule is C[C@H]1COC(C(C)(C)C2=N[C@@H](c3ccccc3)CO2)=N1. The first-order valence-electron chi connectivity index (χ1n) is 7.04. The van der Waals surface area contributed by atoms with Gasteiger partial charge in [-0.1, -0.05) is 30.3 Å². The quantitative estimate of drug-likeness (QED) is 0.849. The lowest BCUT2D eigenvalue weighted by atomic mass is 9.93. The number of nitrogens with zero attached hydrogens (tertiary/aromatic N) is 2. The van der Waals surface area contributed by atoms with Gasteiger partial charge >= 0.3 is 0 Å². The highest BCUT2D eigenvalue weighted by Gasteiger charge is 2.40. The third-order valence-electron chi connectivity index (χ3n) is 3.70. The molecule has 2 aliphatic rings.